The Morgan fingerprint density at radius 3 is 3.00 bits per heavy atom. The number of benzene rings is 1. The molecule has 0 N–H and O–H groups in total. The summed E-state index contributed by atoms with van der Waals surface area (Å²) in [5.74, 6) is 0. The van der Waals surface area contributed by atoms with Crippen molar-refractivity contribution in [2.45, 2.75) is 31.3 Å². The fourth-order valence-corrected chi connectivity index (χ4v) is 2.62. The van der Waals surface area contributed by atoms with E-state index >= 15 is 0 Å². The molecule has 2 rings (SSSR count). The van der Waals surface area contributed by atoms with E-state index in [0.717, 1.165) is 12.8 Å². The van der Waals surface area contributed by atoms with Gasteiger partial charge in [0.05, 0.1) is 5.60 Å². The summed E-state index contributed by atoms with van der Waals surface area (Å²) >= 11 is 0. The van der Waals surface area contributed by atoms with Gasteiger partial charge in [-0.2, -0.15) is 0 Å². The Labute approximate surface area is 91.8 Å². The second kappa shape index (κ2) is 4.19. The molecule has 0 heterocycles. The van der Waals surface area contributed by atoms with E-state index in [4.69, 9.17) is 4.74 Å². The minimum Gasteiger partial charge on any atom is -0.373 e. The number of fused-ring (bicyclic) bond motifs is 1. The quantitative estimate of drug-likeness (QED) is 0.682. The molecule has 0 aliphatic heterocycles. The van der Waals surface area contributed by atoms with Gasteiger partial charge in [0, 0.05) is 7.11 Å². The molecule has 1 nitrogen and oxygen atoms in total. The molecule has 1 aliphatic carbocycles. The number of rotatable bonds is 3. The molecule has 0 saturated heterocycles. The number of hydrogen-bond donors (Lipinski definition) is 0. The van der Waals surface area contributed by atoms with E-state index in [2.05, 4.69) is 30.8 Å². The van der Waals surface area contributed by atoms with Gasteiger partial charge in [0.2, 0.25) is 0 Å². The van der Waals surface area contributed by atoms with Crippen molar-refractivity contribution in [2.24, 2.45) is 0 Å². The molecule has 0 saturated carbocycles. The third kappa shape index (κ3) is 1.72. The van der Waals surface area contributed by atoms with Gasteiger partial charge >= 0.3 is 0 Å². The van der Waals surface area contributed by atoms with Crippen molar-refractivity contribution in [3.05, 3.63) is 48.0 Å². The summed E-state index contributed by atoms with van der Waals surface area (Å²) in [6.07, 6.45) is 6.36. The molecule has 1 aromatic carbocycles. The molecule has 0 aromatic heterocycles. The maximum absolute atomic E-state index is 5.77. The first-order valence-corrected chi connectivity index (χ1v) is 5.57. The van der Waals surface area contributed by atoms with Crippen LogP contribution >= 0.6 is 0 Å². The van der Waals surface area contributed by atoms with Crippen molar-refractivity contribution in [1.82, 2.24) is 0 Å². The van der Waals surface area contributed by atoms with Gasteiger partial charge in [-0.05, 0) is 36.8 Å². The molecule has 1 atom stereocenters. The standard InChI is InChI=1S/C14H18O/c1-3-10-14(15-2)11-6-8-12-7-4-5-9-13(12)14/h3-5,7,9H,1,6,8,10-11H2,2H3. The summed E-state index contributed by atoms with van der Waals surface area (Å²) in [6.45, 7) is 3.84. The van der Waals surface area contributed by atoms with Crippen LogP contribution in [0.1, 0.15) is 30.4 Å². The molecule has 1 unspecified atom stereocenters. The van der Waals surface area contributed by atoms with Crippen LogP contribution in [0.2, 0.25) is 0 Å². The van der Waals surface area contributed by atoms with Gasteiger partial charge in [-0.3, -0.25) is 0 Å². The Morgan fingerprint density at radius 1 is 1.47 bits per heavy atom. The first-order chi connectivity index (χ1) is 7.32. The first kappa shape index (κ1) is 10.4. The highest BCUT2D eigenvalue weighted by Gasteiger charge is 2.34. The van der Waals surface area contributed by atoms with E-state index in [1.54, 1.807) is 0 Å². The Balaban J connectivity index is 2.46. The van der Waals surface area contributed by atoms with Gasteiger partial charge in [-0.1, -0.05) is 30.3 Å². The second-order valence-corrected chi connectivity index (χ2v) is 4.20. The van der Waals surface area contributed by atoms with E-state index in [-0.39, 0.29) is 5.60 Å². The molecule has 0 spiro atoms. The average molecular weight is 202 g/mol. The normalized spacial score (nSPS) is 24.6. The Kier molecular flexibility index (Phi) is 2.92. The van der Waals surface area contributed by atoms with Crippen molar-refractivity contribution in [3.63, 3.8) is 0 Å². The molecule has 1 heteroatoms. The van der Waals surface area contributed by atoms with Gasteiger partial charge in [-0.15, -0.1) is 6.58 Å². The van der Waals surface area contributed by atoms with Crippen LogP contribution in [-0.2, 0) is 16.8 Å². The van der Waals surface area contributed by atoms with E-state index in [0.29, 0.717) is 0 Å². The summed E-state index contributed by atoms with van der Waals surface area (Å²) < 4.78 is 5.77. The number of methoxy groups -OCH3 is 1. The summed E-state index contributed by atoms with van der Waals surface area (Å²) in [4.78, 5) is 0. The molecular formula is C14H18O. The second-order valence-electron chi connectivity index (χ2n) is 4.20. The lowest BCUT2D eigenvalue weighted by Crippen LogP contribution is -2.32. The maximum Gasteiger partial charge on any atom is 0.0964 e. The molecule has 15 heavy (non-hydrogen) atoms. The number of ether oxygens (including phenoxy) is 1. The third-order valence-electron chi connectivity index (χ3n) is 3.40. The van der Waals surface area contributed by atoms with Crippen molar-refractivity contribution < 1.29 is 4.74 Å². The average Bonchev–Trinajstić information content (AvgIpc) is 2.30. The Hall–Kier alpha value is -1.08. The van der Waals surface area contributed by atoms with Gasteiger partial charge < -0.3 is 4.74 Å². The van der Waals surface area contributed by atoms with E-state index in [1.807, 2.05) is 13.2 Å². The summed E-state index contributed by atoms with van der Waals surface area (Å²) in [6, 6.07) is 8.62. The van der Waals surface area contributed by atoms with Crippen molar-refractivity contribution in [3.8, 4) is 0 Å². The van der Waals surface area contributed by atoms with Crippen LogP contribution in [0.25, 0.3) is 0 Å². The Bertz CT molecular complexity index is 356. The van der Waals surface area contributed by atoms with E-state index in [9.17, 15) is 0 Å². The molecule has 0 radical (unpaired) electrons. The molecule has 1 aromatic rings. The monoisotopic (exact) mass is 202 g/mol. The van der Waals surface area contributed by atoms with Gasteiger partial charge in [0.1, 0.15) is 0 Å². The molecule has 80 valence electrons. The number of hydrogen-bond acceptors (Lipinski definition) is 1. The number of aryl methyl sites for hydroxylation is 1. The molecular weight excluding hydrogens is 184 g/mol. The predicted molar refractivity (Wildman–Crippen MR) is 62.9 cm³/mol. The van der Waals surface area contributed by atoms with E-state index < -0.39 is 0 Å². The highest BCUT2D eigenvalue weighted by Crippen LogP contribution is 2.40. The van der Waals surface area contributed by atoms with Crippen LogP contribution in [0, 0.1) is 0 Å². The van der Waals surface area contributed by atoms with Crippen LogP contribution in [0.4, 0.5) is 0 Å². The van der Waals surface area contributed by atoms with Gasteiger partial charge in [-0.25, -0.2) is 0 Å². The SMILES string of the molecule is C=CCC1(OC)CCCc2ccccc21. The van der Waals surface area contributed by atoms with Crippen LogP contribution in [0.5, 0.6) is 0 Å². The van der Waals surface area contributed by atoms with Crippen LogP contribution in [-0.4, -0.2) is 7.11 Å². The molecule has 0 bridgehead atoms. The highest BCUT2D eigenvalue weighted by atomic mass is 16.5. The predicted octanol–water partition coefficient (Wildman–Crippen LogP) is 3.44. The zero-order valence-electron chi connectivity index (χ0n) is 9.33. The minimum atomic E-state index is -0.114. The lowest BCUT2D eigenvalue weighted by atomic mass is 9.77. The smallest absolute Gasteiger partial charge is 0.0964 e. The van der Waals surface area contributed by atoms with Crippen LogP contribution < -0.4 is 0 Å². The summed E-state index contributed by atoms with van der Waals surface area (Å²) in [5.41, 5.74) is 2.68. The van der Waals surface area contributed by atoms with Gasteiger partial charge in [0.25, 0.3) is 0 Å². The van der Waals surface area contributed by atoms with E-state index in [1.165, 1.54) is 24.0 Å². The maximum atomic E-state index is 5.77. The molecule has 0 fully saturated rings. The Morgan fingerprint density at radius 2 is 2.27 bits per heavy atom. The van der Waals surface area contributed by atoms with Crippen LogP contribution in [0.15, 0.2) is 36.9 Å². The first-order valence-electron chi connectivity index (χ1n) is 5.57. The van der Waals surface area contributed by atoms with Crippen molar-refractivity contribution in [2.75, 3.05) is 7.11 Å². The highest BCUT2D eigenvalue weighted by molar-refractivity contribution is 5.35. The molecule has 1 aliphatic rings. The zero-order chi connectivity index (χ0) is 10.7. The van der Waals surface area contributed by atoms with Gasteiger partial charge in [0.15, 0.2) is 0 Å². The van der Waals surface area contributed by atoms with Crippen molar-refractivity contribution >= 4 is 0 Å². The third-order valence-corrected chi connectivity index (χ3v) is 3.40. The topological polar surface area (TPSA) is 9.23 Å². The fraction of sp³-hybridized carbons (Fsp3) is 0.429. The lowest BCUT2D eigenvalue weighted by Gasteiger charge is -2.37. The summed E-state index contributed by atoms with van der Waals surface area (Å²) in [5, 5.41) is 0. The molecule has 0 amide bonds. The minimum absolute atomic E-state index is 0.114. The lowest BCUT2D eigenvalue weighted by molar-refractivity contribution is -0.0266. The zero-order valence-corrected chi connectivity index (χ0v) is 9.33. The largest absolute Gasteiger partial charge is 0.373 e. The van der Waals surface area contributed by atoms with Crippen molar-refractivity contribution in [1.29, 1.82) is 0 Å². The summed E-state index contributed by atoms with van der Waals surface area (Å²) in [7, 11) is 1.81. The fourth-order valence-electron chi connectivity index (χ4n) is 2.62. The van der Waals surface area contributed by atoms with Crippen LogP contribution in [0.3, 0.4) is 0 Å².